The Morgan fingerprint density at radius 3 is 2.00 bits per heavy atom. The zero-order valence-corrected chi connectivity index (χ0v) is 6.71. The second-order valence-electron chi connectivity index (χ2n) is 2.21. The van der Waals surface area contributed by atoms with Gasteiger partial charge in [-0.15, -0.1) is 0 Å². The Kier molecular flexibility index (Phi) is 2.29. The monoisotopic (exact) mass is 172 g/mol. The first-order valence-corrected chi connectivity index (χ1v) is 3.47. The molecule has 1 aromatic carbocycles. The van der Waals surface area contributed by atoms with Crippen LogP contribution >= 0.6 is 12.2 Å². The highest BCUT2D eigenvalue weighted by Crippen LogP contribution is 2.08. The normalized spacial score (nSPS) is 9.73. The number of hydrogen-bond donors (Lipinski definition) is 0. The van der Waals surface area contributed by atoms with Gasteiger partial charge in [0.05, 0.1) is 0 Å². The van der Waals surface area contributed by atoms with Crippen molar-refractivity contribution in [2.75, 3.05) is 0 Å². The van der Waals surface area contributed by atoms with Gasteiger partial charge in [-0.1, -0.05) is 12.2 Å². The topological polar surface area (TPSA) is 0 Å². The summed E-state index contributed by atoms with van der Waals surface area (Å²) < 4.78 is 25.0. The van der Waals surface area contributed by atoms with Crippen LogP contribution in [-0.4, -0.2) is 4.86 Å². The minimum atomic E-state index is -0.593. The molecule has 58 valence electrons. The van der Waals surface area contributed by atoms with Gasteiger partial charge in [-0.05, 0) is 24.6 Å². The van der Waals surface area contributed by atoms with Gasteiger partial charge >= 0.3 is 0 Å². The maximum Gasteiger partial charge on any atom is 0.126 e. The summed E-state index contributed by atoms with van der Waals surface area (Å²) in [6, 6.07) is 3.25. The lowest BCUT2D eigenvalue weighted by Crippen LogP contribution is -1.92. The van der Waals surface area contributed by atoms with Crippen LogP contribution in [0.3, 0.4) is 0 Å². The van der Waals surface area contributed by atoms with Crippen molar-refractivity contribution in [1.29, 1.82) is 0 Å². The third-order valence-electron chi connectivity index (χ3n) is 1.27. The van der Waals surface area contributed by atoms with E-state index in [2.05, 4.69) is 0 Å². The molecule has 0 fully saturated rings. The zero-order valence-electron chi connectivity index (χ0n) is 5.90. The number of hydrogen-bond acceptors (Lipinski definition) is 1. The average molecular weight is 172 g/mol. The molecule has 0 heterocycles. The summed E-state index contributed by atoms with van der Waals surface area (Å²) in [6.45, 7) is 1.63. The van der Waals surface area contributed by atoms with E-state index in [-0.39, 0.29) is 0 Å². The molecule has 0 saturated heterocycles. The van der Waals surface area contributed by atoms with Crippen molar-refractivity contribution in [3.63, 3.8) is 0 Å². The molecule has 0 atom stereocenters. The van der Waals surface area contributed by atoms with Crippen LogP contribution in [0.1, 0.15) is 12.5 Å². The predicted molar refractivity (Wildman–Crippen MR) is 43.7 cm³/mol. The fraction of sp³-hybridized carbons (Fsp3) is 0.125. The van der Waals surface area contributed by atoms with E-state index in [0.29, 0.717) is 10.4 Å². The standard InChI is InChI=1S/C8H6F2S/c1-5(11)6-2-7(9)4-8(10)3-6/h2-4H,1H3. The SMILES string of the molecule is CC(=S)c1cc(F)cc(F)c1. The molecule has 0 spiro atoms. The molecule has 0 bridgehead atoms. The van der Waals surface area contributed by atoms with Crippen LogP contribution in [0.4, 0.5) is 8.78 Å². The van der Waals surface area contributed by atoms with Gasteiger partial charge in [0, 0.05) is 10.9 Å². The minimum Gasteiger partial charge on any atom is -0.207 e. The van der Waals surface area contributed by atoms with Gasteiger partial charge < -0.3 is 0 Å². The molecule has 3 heteroatoms. The highest BCUT2D eigenvalue weighted by atomic mass is 32.1. The molecule has 0 radical (unpaired) electrons. The summed E-state index contributed by atoms with van der Waals surface area (Å²) in [5, 5.41) is 0. The third kappa shape index (κ3) is 2.05. The summed E-state index contributed by atoms with van der Waals surface area (Å²) in [5.41, 5.74) is 0.428. The fourth-order valence-electron chi connectivity index (χ4n) is 0.757. The molecular formula is C8H6F2S. The van der Waals surface area contributed by atoms with Crippen molar-refractivity contribution in [2.45, 2.75) is 6.92 Å². The number of rotatable bonds is 1. The van der Waals surface area contributed by atoms with Crippen molar-refractivity contribution in [1.82, 2.24) is 0 Å². The first-order chi connectivity index (χ1) is 5.09. The van der Waals surface area contributed by atoms with Crippen LogP contribution in [0, 0.1) is 11.6 Å². The Morgan fingerprint density at radius 1 is 1.18 bits per heavy atom. The van der Waals surface area contributed by atoms with E-state index in [4.69, 9.17) is 12.2 Å². The minimum absolute atomic E-state index is 0.428. The molecule has 0 N–H and O–H groups in total. The lowest BCUT2D eigenvalue weighted by atomic mass is 10.1. The van der Waals surface area contributed by atoms with Crippen LogP contribution in [0.15, 0.2) is 18.2 Å². The molecule has 11 heavy (non-hydrogen) atoms. The van der Waals surface area contributed by atoms with Crippen LogP contribution in [0.25, 0.3) is 0 Å². The largest absolute Gasteiger partial charge is 0.207 e. The molecule has 0 amide bonds. The smallest absolute Gasteiger partial charge is 0.126 e. The molecule has 0 aromatic heterocycles. The highest BCUT2D eigenvalue weighted by molar-refractivity contribution is 7.80. The van der Waals surface area contributed by atoms with E-state index in [1.807, 2.05) is 0 Å². The van der Waals surface area contributed by atoms with Crippen LogP contribution in [-0.2, 0) is 0 Å². The lowest BCUT2D eigenvalue weighted by molar-refractivity contribution is 0.583. The zero-order chi connectivity index (χ0) is 8.43. The molecule has 0 unspecified atom stereocenters. The van der Waals surface area contributed by atoms with E-state index < -0.39 is 11.6 Å². The van der Waals surface area contributed by atoms with Gasteiger partial charge in [0.2, 0.25) is 0 Å². The van der Waals surface area contributed by atoms with E-state index in [1.165, 1.54) is 12.1 Å². The molecule has 0 aliphatic heterocycles. The van der Waals surface area contributed by atoms with Gasteiger partial charge in [0.1, 0.15) is 11.6 Å². The molecular weight excluding hydrogens is 166 g/mol. The van der Waals surface area contributed by atoms with E-state index >= 15 is 0 Å². The van der Waals surface area contributed by atoms with Crippen molar-refractivity contribution >= 4 is 17.1 Å². The summed E-state index contributed by atoms with van der Waals surface area (Å²) in [6.07, 6.45) is 0. The average Bonchev–Trinajstić information content (AvgIpc) is 1.85. The summed E-state index contributed by atoms with van der Waals surface area (Å²) in [7, 11) is 0. The molecule has 0 aliphatic rings. The Balaban J connectivity index is 3.19. The number of benzene rings is 1. The maximum atomic E-state index is 12.5. The first kappa shape index (κ1) is 8.27. The van der Waals surface area contributed by atoms with Gasteiger partial charge in [0.25, 0.3) is 0 Å². The number of halogens is 2. The second-order valence-corrected chi connectivity index (χ2v) is 2.83. The van der Waals surface area contributed by atoms with Crippen LogP contribution in [0.2, 0.25) is 0 Å². The van der Waals surface area contributed by atoms with Crippen molar-refractivity contribution in [3.05, 3.63) is 35.4 Å². The highest BCUT2D eigenvalue weighted by Gasteiger charge is 2.00. The lowest BCUT2D eigenvalue weighted by Gasteiger charge is -1.97. The second kappa shape index (κ2) is 3.05. The predicted octanol–water partition coefficient (Wildman–Crippen LogP) is 2.70. The Labute approximate surface area is 68.9 Å². The maximum absolute atomic E-state index is 12.5. The molecule has 0 saturated carbocycles. The van der Waals surface area contributed by atoms with Gasteiger partial charge in [-0.25, -0.2) is 8.78 Å². The Morgan fingerprint density at radius 2 is 1.64 bits per heavy atom. The van der Waals surface area contributed by atoms with Crippen molar-refractivity contribution in [3.8, 4) is 0 Å². The van der Waals surface area contributed by atoms with Gasteiger partial charge in [-0.2, -0.15) is 0 Å². The third-order valence-corrected chi connectivity index (χ3v) is 1.50. The van der Waals surface area contributed by atoms with E-state index in [9.17, 15) is 8.78 Å². The quantitative estimate of drug-likeness (QED) is 0.463. The Hall–Kier alpha value is -0.830. The van der Waals surface area contributed by atoms with Crippen LogP contribution < -0.4 is 0 Å². The molecule has 0 aliphatic carbocycles. The Bertz CT molecular complexity index is 274. The van der Waals surface area contributed by atoms with Gasteiger partial charge in [0.15, 0.2) is 0 Å². The van der Waals surface area contributed by atoms with Crippen molar-refractivity contribution < 1.29 is 8.78 Å². The summed E-state index contributed by atoms with van der Waals surface area (Å²) >= 11 is 4.75. The summed E-state index contributed by atoms with van der Waals surface area (Å²) in [4.78, 5) is 0.489. The molecule has 1 aromatic rings. The fourth-order valence-corrected chi connectivity index (χ4v) is 0.875. The first-order valence-electron chi connectivity index (χ1n) is 3.06. The van der Waals surface area contributed by atoms with Crippen molar-refractivity contribution in [2.24, 2.45) is 0 Å². The molecule has 1 rings (SSSR count). The molecule has 0 nitrogen and oxygen atoms in total. The van der Waals surface area contributed by atoms with Crippen LogP contribution in [0.5, 0.6) is 0 Å². The van der Waals surface area contributed by atoms with Gasteiger partial charge in [-0.3, -0.25) is 0 Å². The number of thiocarbonyl (C=S) groups is 1. The van der Waals surface area contributed by atoms with E-state index in [1.54, 1.807) is 6.92 Å². The summed E-state index contributed by atoms with van der Waals surface area (Å²) in [5.74, 6) is -1.19. The van der Waals surface area contributed by atoms with E-state index in [0.717, 1.165) is 6.07 Å².